The molecule has 0 amide bonds. The van der Waals surface area contributed by atoms with Crippen LogP contribution in [0.3, 0.4) is 0 Å². The summed E-state index contributed by atoms with van der Waals surface area (Å²) in [6, 6.07) is 14.1. The van der Waals surface area contributed by atoms with Crippen LogP contribution in [0.5, 0.6) is 0 Å². The molecule has 0 aliphatic carbocycles. The zero-order valence-electron chi connectivity index (χ0n) is 12.3. The second-order valence-electron chi connectivity index (χ2n) is 5.04. The summed E-state index contributed by atoms with van der Waals surface area (Å²) in [6.07, 6.45) is 4.50. The minimum atomic E-state index is -3.22. The van der Waals surface area contributed by atoms with Gasteiger partial charge in [0.2, 0.25) is 0 Å². The normalized spacial score (nSPS) is 11.4. The molecule has 23 heavy (non-hydrogen) atoms. The van der Waals surface area contributed by atoms with Crippen molar-refractivity contribution < 1.29 is 8.42 Å². The molecule has 2 aromatic heterocycles. The van der Waals surface area contributed by atoms with Crippen LogP contribution in [0, 0.1) is 0 Å². The Hall–Kier alpha value is -2.24. The molecular formula is C17H13ClN2O2S. The molecule has 0 aliphatic heterocycles. The van der Waals surface area contributed by atoms with Crippen molar-refractivity contribution in [3.8, 4) is 22.4 Å². The number of hydrogen-bond donors (Lipinski definition) is 0. The Kier molecular flexibility index (Phi) is 4.15. The zero-order chi connectivity index (χ0) is 16.4. The van der Waals surface area contributed by atoms with E-state index in [1.54, 1.807) is 42.7 Å². The topological polar surface area (TPSA) is 59.9 Å². The minimum Gasteiger partial charge on any atom is -0.255 e. The molecule has 2 heterocycles. The summed E-state index contributed by atoms with van der Waals surface area (Å²) < 4.78 is 23.2. The maximum absolute atomic E-state index is 11.6. The first-order valence-electron chi connectivity index (χ1n) is 6.83. The highest BCUT2D eigenvalue weighted by Crippen LogP contribution is 2.33. The molecule has 0 saturated heterocycles. The van der Waals surface area contributed by atoms with Gasteiger partial charge in [0, 0.05) is 29.8 Å². The van der Waals surface area contributed by atoms with Crippen LogP contribution < -0.4 is 0 Å². The summed E-state index contributed by atoms with van der Waals surface area (Å²) in [4.78, 5) is 8.78. The lowest BCUT2D eigenvalue weighted by molar-refractivity contribution is 0.602. The maximum atomic E-state index is 11.6. The molecule has 1 aromatic carbocycles. The molecule has 0 saturated carbocycles. The highest BCUT2D eigenvalue weighted by molar-refractivity contribution is 7.90. The number of aromatic nitrogens is 2. The van der Waals surface area contributed by atoms with E-state index in [0.29, 0.717) is 10.8 Å². The lowest BCUT2D eigenvalue weighted by Gasteiger charge is -2.10. The molecule has 3 aromatic rings. The quantitative estimate of drug-likeness (QED) is 0.677. The predicted molar refractivity (Wildman–Crippen MR) is 91.0 cm³/mol. The van der Waals surface area contributed by atoms with Crippen molar-refractivity contribution in [1.82, 2.24) is 9.97 Å². The average Bonchev–Trinajstić information content (AvgIpc) is 2.55. The van der Waals surface area contributed by atoms with Gasteiger partial charge in [-0.2, -0.15) is 0 Å². The summed E-state index contributed by atoms with van der Waals surface area (Å²) in [5, 5.41) is 0.375. The second-order valence-corrected chi connectivity index (χ2v) is 7.41. The van der Waals surface area contributed by atoms with Crippen LogP contribution in [0.4, 0.5) is 0 Å². The molecule has 0 atom stereocenters. The van der Waals surface area contributed by atoms with E-state index in [-0.39, 0.29) is 4.90 Å². The Morgan fingerprint density at radius 1 is 0.870 bits per heavy atom. The summed E-state index contributed by atoms with van der Waals surface area (Å²) in [7, 11) is -3.22. The van der Waals surface area contributed by atoms with E-state index in [0.717, 1.165) is 16.7 Å². The molecule has 0 unspecified atom stereocenters. The third-order valence-corrected chi connectivity index (χ3v) is 4.85. The predicted octanol–water partition coefficient (Wildman–Crippen LogP) is 3.87. The van der Waals surface area contributed by atoms with Gasteiger partial charge in [0.05, 0.1) is 10.6 Å². The van der Waals surface area contributed by atoms with Gasteiger partial charge < -0.3 is 0 Å². The molecular weight excluding hydrogens is 332 g/mol. The highest BCUT2D eigenvalue weighted by Gasteiger charge is 2.13. The molecule has 0 radical (unpaired) electrons. The average molecular weight is 345 g/mol. The smallest absolute Gasteiger partial charge is 0.175 e. The Morgan fingerprint density at radius 2 is 1.48 bits per heavy atom. The number of nitrogens with zero attached hydrogens (tertiary/aromatic N) is 2. The van der Waals surface area contributed by atoms with Crippen molar-refractivity contribution in [3.63, 3.8) is 0 Å². The fraction of sp³-hybridized carbons (Fsp3) is 0.0588. The number of halogens is 1. The van der Waals surface area contributed by atoms with Crippen LogP contribution >= 0.6 is 11.6 Å². The van der Waals surface area contributed by atoms with Gasteiger partial charge in [-0.1, -0.05) is 29.8 Å². The van der Waals surface area contributed by atoms with Crippen LogP contribution in [0.2, 0.25) is 5.15 Å². The summed E-state index contributed by atoms with van der Waals surface area (Å²) >= 11 is 6.17. The first kappa shape index (κ1) is 15.6. The monoisotopic (exact) mass is 344 g/mol. The number of hydrogen-bond acceptors (Lipinski definition) is 4. The first-order valence-corrected chi connectivity index (χ1v) is 9.10. The van der Waals surface area contributed by atoms with E-state index in [2.05, 4.69) is 9.97 Å². The van der Waals surface area contributed by atoms with E-state index in [1.165, 1.54) is 6.26 Å². The lowest BCUT2D eigenvalue weighted by atomic mass is 10.0. The van der Waals surface area contributed by atoms with Gasteiger partial charge in [0.15, 0.2) is 9.84 Å². The summed E-state index contributed by atoms with van der Waals surface area (Å²) in [5.41, 5.74) is 3.16. The molecule has 6 heteroatoms. The molecule has 0 bridgehead atoms. The highest BCUT2D eigenvalue weighted by atomic mass is 35.5. The third-order valence-electron chi connectivity index (χ3n) is 3.42. The second kappa shape index (κ2) is 6.10. The van der Waals surface area contributed by atoms with Gasteiger partial charge in [-0.3, -0.25) is 4.98 Å². The standard InChI is InChI=1S/C17H13ClN2O2S/c1-23(21,22)13-8-6-12(7-9-13)14-4-2-10-19-16(14)15-5-3-11-20-17(15)18/h2-11H,1H3. The van der Waals surface area contributed by atoms with E-state index in [9.17, 15) is 8.42 Å². The van der Waals surface area contributed by atoms with E-state index in [4.69, 9.17) is 11.6 Å². The zero-order valence-corrected chi connectivity index (χ0v) is 13.8. The number of pyridine rings is 2. The van der Waals surface area contributed by atoms with Crippen LogP contribution in [0.15, 0.2) is 65.8 Å². The van der Waals surface area contributed by atoms with Crippen molar-refractivity contribution in [2.75, 3.05) is 6.26 Å². The lowest BCUT2D eigenvalue weighted by Crippen LogP contribution is -1.96. The van der Waals surface area contributed by atoms with Crippen molar-refractivity contribution in [1.29, 1.82) is 0 Å². The van der Waals surface area contributed by atoms with Crippen LogP contribution in [-0.4, -0.2) is 24.6 Å². The molecule has 0 N–H and O–H groups in total. The van der Waals surface area contributed by atoms with Crippen LogP contribution in [0.25, 0.3) is 22.4 Å². The summed E-state index contributed by atoms with van der Waals surface area (Å²) in [6.45, 7) is 0. The van der Waals surface area contributed by atoms with Crippen LogP contribution in [0.1, 0.15) is 0 Å². The van der Waals surface area contributed by atoms with E-state index < -0.39 is 9.84 Å². The van der Waals surface area contributed by atoms with Crippen LogP contribution in [-0.2, 0) is 9.84 Å². The SMILES string of the molecule is CS(=O)(=O)c1ccc(-c2cccnc2-c2cccnc2Cl)cc1. The largest absolute Gasteiger partial charge is 0.255 e. The molecule has 116 valence electrons. The Bertz CT molecular complexity index is 954. The molecule has 3 rings (SSSR count). The Labute approximate surface area is 139 Å². The Morgan fingerprint density at radius 3 is 2.09 bits per heavy atom. The van der Waals surface area contributed by atoms with Crippen molar-refractivity contribution in [2.45, 2.75) is 4.90 Å². The number of rotatable bonds is 3. The maximum Gasteiger partial charge on any atom is 0.175 e. The molecule has 0 fully saturated rings. The summed E-state index contributed by atoms with van der Waals surface area (Å²) in [5.74, 6) is 0. The van der Waals surface area contributed by atoms with Gasteiger partial charge in [0.1, 0.15) is 5.15 Å². The fourth-order valence-electron chi connectivity index (χ4n) is 2.30. The van der Waals surface area contributed by atoms with Gasteiger partial charge in [-0.05, 0) is 35.9 Å². The third kappa shape index (κ3) is 3.25. The van der Waals surface area contributed by atoms with Crippen molar-refractivity contribution in [3.05, 3.63) is 66.1 Å². The molecule has 0 spiro atoms. The van der Waals surface area contributed by atoms with Gasteiger partial charge >= 0.3 is 0 Å². The van der Waals surface area contributed by atoms with E-state index >= 15 is 0 Å². The number of benzene rings is 1. The van der Waals surface area contributed by atoms with Gasteiger partial charge in [0.25, 0.3) is 0 Å². The minimum absolute atomic E-state index is 0.283. The number of sulfone groups is 1. The van der Waals surface area contributed by atoms with Crippen molar-refractivity contribution in [2.24, 2.45) is 0 Å². The van der Waals surface area contributed by atoms with Crippen molar-refractivity contribution >= 4 is 21.4 Å². The fourth-order valence-corrected chi connectivity index (χ4v) is 3.14. The van der Waals surface area contributed by atoms with Gasteiger partial charge in [-0.15, -0.1) is 0 Å². The van der Waals surface area contributed by atoms with E-state index in [1.807, 2.05) is 18.2 Å². The van der Waals surface area contributed by atoms with Gasteiger partial charge in [-0.25, -0.2) is 13.4 Å². The molecule has 4 nitrogen and oxygen atoms in total. The first-order chi connectivity index (χ1) is 11.0. The Balaban J connectivity index is 2.13. The molecule has 0 aliphatic rings.